The Morgan fingerprint density at radius 3 is 2.59 bits per heavy atom. The standard InChI is InChI=1S/C18H21NO6S2/c1-4-15(20)25-12-8-7-11-19-13-9-5-6-10-14(13)26-17(19)16(18(21)24-2)27(3,22)23/h4-6,9-10H,1,7-8,11-12H2,2-3H3/b17-16-. The highest BCUT2D eigenvalue weighted by atomic mass is 32.2. The molecular formula is C18H21NO6S2. The van der Waals surface area contributed by atoms with E-state index in [-0.39, 0.29) is 11.5 Å². The number of carbonyl (C=O) groups is 2. The monoisotopic (exact) mass is 411 g/mol. The molecule has 7 nitrogen and oxygen atoms in total. The minimum Gasteiger partial charge on any atom is -0.465 e. The molecule has 0 spiro atoms. The number of benzene rings is 1. The predicted molar refractivity (Wildman–Crippen MR) is 104 cm³/mol. The Hall–Kier alpha value is -2.26. The van der Waals surface area contributed by atoms with E-state index in [0.717, 1.165) is 30.0 Å². The summed E-state index contributed by atoms with van der Waals surface area (Å²) < 4.78 is 34.1. The van der Waals surface area contributed by atoms with Crippen LogP contribution in [0.1, 0.15) is 12.8 Å². The minimum atomic E-state index is -3.80. The molecule has 0 unspecified atom stereocenters. The fraction of sp³-hybridized carbons (Fsp3) is 0.333. The summed E-state index contributed by atoms with van der Waals surface area (Å²) in [5.41, 5.74) is 0.825. The molecule has 1 aromatic carbocycles. The highest BCUT2D eigenvalue weighted by molar-refractivity contribution is 8.05. The van der Waals surface area contributed by atoms with Crippen LogP contribution in [0.2, 0.25) is 0 Å². The van der Waals surface area contributed by atoms with Crippen LogP contribution in [0.4, 0.5) is 5.69 Å². The SMILES string of the molecule is C=CC(=O)OCCCCN1/C(=C(\C(=O)OC)S(C)(=O)=O)Sc2ccccc21. The number of hydrogen-bond donors (Lipinski definition) is 0. The van der Waals surface area contributed by atoms with Gasteiger partial charge >= 0.3 is 11.9 Å². The summed E-state index contributed by atoms with van der Waals surface area (Å²) in [6, 6.07) is 7.42. The van der Waals surface area contributed by atoms with Crippen molar-refractivity contribution < 1.29 is 27.5 Å². The molecule has 0 saturated carbocycles. The van der Waals surface area contributed by atoms with E-state index < -0.39 is 21.8 Å². The first-order valence-electron chi connectivity index (χ1n) is 8.16. The summed E-state index contributed by atoms with van der Waals surface area (Å²) >= 11 is 1.22. The van der Waals surface area contributed by atoms with Crippen molar-refractivity contribution in [1.29, 1.82) is 0 Å². The zero-order valence-corrected chi connectivity index (χ0v) is 16.8. The maximum absolute atomic E-state index is 12.2. The van der Waals surface area contributed by atoms with Gasteiger partial charge in [-0.2, -0.15) is 0 Å². The molecule has 0 N–H and O–H groups in total. The second kappa shape index (κ2) is 9.09. The molecule has 0 atom stereocenters. The van der Waals surface area contributed by atoms with Gasteiger partial charge in [-0.25, -0.2) is 18.0 Å². The summed E-state index contributed by atoms with van der Waals surface area (Å²) in [4.78, 5) is 25.5. The van der Waals surface area contributed by atoms with E-state index in [0.29, 0.717) is 24.4 Å². The van der Waals surface area contributed by atoms with Crippen molar-refractivity contribution in [2.45, 2.75) is 17.7 Å². The molecular weight excluding hydrogens is 390 g/mol. The predicted octanol–water partition coefficient (Wildman–Crippen LogP) is 2.49. The molecule has 1 aliphatic heterocycles. The van der Waals surface area contributed by atoms with Gasteiger partial charge in [0.05, 0.1) is 19.4 Å². The van der Waals surface area contributed by atoms with Crippen LogP contribution >= 0.6 is 11.8 Å². The van der Waals surface area contributed by atoms with Gasteiger partial charge in [-0.15, -0.1) is 0 Å². The van der Waals surface area contributed by atoms with Gasteiger partial charge in [0.25, 0.3) is 0 Å². The van der Waals surface area contributed by atoms with Crippen LogP contribution in [0.25, 0.3) is 0 Å². The zero-order chi connectivity index (χ0) is 20.0. The van der Waals surface area contributed by atoms with Crippen LogP contribution in [-0.2, 0) is 28.9 Å². The third-order valence-corrected chi connectivity index (χ3v) is 6.14. The molecule has 2 rings (SSSR count). The number of hydrogen-bond acceptors (Lipinski definition) is 8. The second-order valence-corrected chi connectivity index (χ2v) is 8.68. The van der Waals surface area contributed by atoms with E-state index in [1.165, 1.54) is 11.8 Å². The van der Waals surface area contributed by atoms with Crippen molar-refractivity contribution in [3.63, 3.8) is 0 Å². The normalized spacial score (nSPS) is 15.1. The van der Waals surface area contributed by atoms with E-state index in [2.05, 4.69) is 6.58 Å². The fourth-order valence-electron chi connectivity index (χ4n) is 2.52. The number of sulfone groups is 1. The van der Waals surface area contributed by atoms with Gasteiger partial charge in [-0.05, 0) is 25.0 Å². The fourth-order valence-corrected chi connectivity index (χ4v) is 5.03. The van der Waals surface area contributed by atoms with Gasteiger partial charge in [0.15, 0.2) is 14.7 Å². The van der Waals surface area contributed by atoms with Crippen LogP contribution in [0.5, 0.6) is 0 Å². The first-order valence-corrected chi connectivity index (χ1v) is 10.9. The molecule has 27 heavy (non-hydrogen) atoms. The maximum atomic E-state index is 12.2. The van der Waals surface area contributed by atoms with Crippen LogP contribution in [-0.4, -0.2) is 46.9 Å². The largest absolute Gasteiger partial charge is 0.465 e. The number of para-hydroxylation sites is 1. The number of carbonyl (C=O) groups excluding carboxylic acids is 2. The molecule has 9 heteroatoms. The van der Waals surface area contributed by atoms with Crippen molar-refractivity contribution in [1.82, 2.24) is 0 Å². The topological polar surface area (TPSA) is 90.0 Å². The summed E-state index contributed by atoms with van der Waals surface area (Å²) in [5, 5.41) is 0.327. The maximum Gasteiger partial charge on any atom is 0.352 e. The van der Waals surface area contributed by atoms with Crippen molar-refractivity contribution in [3.8, 4) is 0 Å². The van der Waals surface area contributed by atoms with Crippen molar-refractivity contribution in [3.05, 3.63) is 46.9 Å². The van der Waals surface area contributed by atoms with Gasteiger partial charge in [0.2, 0.25) is 0 Å². The third kappa shape index (κ3) is 5.14. The van der Waals surface area contributed by atoms with Gasteiger partial charge in [-0.3, -0.25) is 0 Å². The molecule has 146 valence electrons. The Bertz CT molecular complexity index is 876. The number of ether oxygens (including phenoxy) is 2. The quantitative estimate of drug-likeness (QED) is 0.366. The number of anilines is 1. The molecule has 0 saturated heterocycles. The molecule has 0 aliphatic carbocycles. The molecule has 0 aromatic heterocycles. The lowest BCUT2D eigenvalue weighted by molar-refractivity contribution is -0.138. The van der Waals surface area contributed by atoms with Gasteiger partial charge < -0.3 is 14.4 Å². The van der Waals surface area contributed by atoms with Crippen LogP contribution in [0.3, 0.4) is 0 Å². The summed E-state index contributed by atoms with van der Waals surface area (Å²) in [6.45, 7) is 4.03. The van der Waals surface area contributed by atoms with E-state index in [9.17, 15) is 18.0 Å². The minimum absolute atomic E-state index is 0.239. The van der Waals surface area contributed by atoms with Gasteiger partial charge in [-0.1, -0.05) is 30.5 Å². The van der Waals surface area contributed by atoms with Crippen LogP contribution < -0.4 is 4.90 Å². The average Bonchev–Trinajstić information content (AvgIpc) is 2.98. The zero-order valence-electron chi connectivity index (χ0n) is 15.1. The highest BCUT2D eigenvalue weighted by Gasteiger charge is 2.35. The van der Waals surface area contributed by atoms with Crippen molar-refractivity contribution in [2.24, 2.45) is 0 Å². The first-order chi connectivity index (χ1) is 12.8. The third-order valence-electron chi connectivity index (χ3n) is 3.73. The Kier molecular flexibility index (Phi) is 7.09. The number of unbranched alkanes of at least 4 members (excludes halogenated alkanes) is 1. The number of fused-ring (bicyclic) bond motifs is 1. The van der Waals surface area contributed by atoms with E-state index in [4.69, 9.17) is 9.47 Å². The lowest BCUT2D eigenvalue weighted by Gasteiger charge is -2.22. The molecule has 0 fully saturated rings. The van der Waals surface area contributed by atoms with E-state index in [1.807, 2.05) is 24.3 Å². The summed E-state index contributed by atoms with van der Waals surface area (Å²) in [6.07, 6.45) is 3.30. The molecule has 1 heterocycles. The Morgan fingerprint density at radius 2 is 1.96 bits per heavy atom. The van der Waals surface area contributed by atoms with Crippen LogP contribution in [0, 0.1) is 0 Å². The van der Waals surface area contributed by atoms with Crippen molar-refractivity contribution >= 4 is 39.2 Å². The number of esters is 2. The molecule has 0 amide bonds. The highest BCUT2D eigenvalue weighted by Crippen LogP contribution is 2.47. The Labute approximate surface area is 162 Å². The molecule has 0 bridgehead atoms. The summed E-state index contributed by atoms with van der Waals surface area (Å²) in [5.74, 6) is -1.37. The Morgan fingerprint density at radius 1 is 1.26 bits per heavy atom. The van der Waals surface area contributed by atoms with E-state index >= 15 is 0 Å². The summed E-state index contributed by atoms with van der Waals surface area (Å²) in [7, 11) is -2.65. The van der Waals surface area contributed by atoms with Crippen molar-refractivity contribution in [2.75, 3.05) is 31.4 Å². The Balaban J connectivity index is 2.28. The van der Waals surface area contributed by atoms with Gasteiger partial charge in [0.1, 0.15) is 5.03 Å². The van der Waals surface area contributed by atoms with E-state index in [1.54, 1.807) is 4.90 Å². The molecule has 1 aromatic rings. The smallest absolute Gasteiger partial charge is 0.352 e. The number of thioether (sulfide) groups is 1. The number of nitrogens with zero attached hydrogens (tertiary/aromatic N) is 1. The average molecular weight is 412 g/mol. The van der Waals surface area contributed by atoms with Gasteiger partial charge in [0, 0.05) is 23.8 Å². The second-order valence-electron chi connectivity index (χ2n) is 5.70. The molecule has 1 aliphatic rings. The molecule has 0 radical (unpaired) electrons. The lowest BCUT2D eigenvalue weighted by atomic mass is 10.2. The lowest BCUT2D eigenvalue weighted by Crippen LogP contribution is -2.25. The van der Waals surface area contributed by atoms with Crippen LogP contribution in [0.15, 0.2) is 51.8 Å². The number of methoxy groups -OCH3 is 1. The number of rotatable bonds is 8. The first kappa shape index (κ1) is 21.0.